The molecule has 0 aliphatic carbocycles. The van der Waals surface area contributed by atoms with Crippen LogP contribution in [-0.4, -0.2) is 23.7 Å². The maximum Gasteiger partial charge on any atom is 0.304 e. The number of carboxylic acids is 1. The van der Waals surface area contributed by atoms with Crippen LogP contribution in [0.25, 0.3) is 0 Å². The van der Waals surface area contributed by atoms with Crippen molar-refractivity contribution >= 4 is 5.97 Å². The quantitative estimate of drug-likeness (QED) is 0.770. The van der Waals surface area contributed by atoms with Crippen molar-refractivity contribution in [1.29, 1.82) is 0 Å². The van der Waals surface area contributed by atoms with Gasteiger partial charge in [0.1, 0.15) is 11.6 Å². The molecule has 0 aliphatic heterocycles. The first-order chi connectivity index (χ1) is 7.58. The maximum atomic E-state index is 12.7. The van der Waals surface area contributed by atoms with Crippen LogP contribution in [0, 0.1) is 5.82 Å². The summed E-state index contributed by atoms with van der Waals surface area (Å²) in [5.74, 6) is -0.881. The Balaban J connectivity index is 2.27. The van der Waals surface area contributed by atoms with Crippen molar-refractivity contribution in [3.63, 3.8) is 0 Å². The summed E-state index contributed by atoms with van der Waals surface area (Å²) in [5, 5.41) is 8.47. The van der Waals surface area contributed by atoms with Crippen molar-refractivity contribution in [2.24, 2.45) is 5.73 Å². The number of nitrogens with two attached hydrogens (primary N) is 1. The van der Waals surface area contributed by atoms with Crippen LogP contribution in [0.15, 0.2) is 24.3 Å². The average molecular weight is 227 g/mol. The Bertz CT molecular complexity index is 357. The largest absolute Gasteiger partial charge is 0.493 e. The summed E-state index contributed by atoms with van der Waals surface area (Å²) in [5.41, 5.74) is 5.53. The summed E-state index contributed by atoms with van der Waals surface area (Å²) in [6.07, 6.45) is 0.329. The zero-order chi connectivity index (χ0) is 12.0. The van der Waals surface area contributed by atoms with E-state index in [0.29, 0.717) is 12.2 Å². The molecule has 0 amide bonds. The third kappa shape index (κ3) is 4.75. The van der Waals surface area contributed by atoms with Gasteiger partial charge in [0.05, 0.1) is 13.0 Å². The molecule has 16 heavy (non-hydrogen) atoms. The van der Waals surface area contributed by atoms with E-state index in [0.717, 1.165) is 0 Å². The molecule has 0 heterocycles. The van der Waals surface area contributed by atoms with Gasteiger partial charge >= 0.3 is 5.97 Å². The highest BCUT2D eigenvalue weighted by molar-refractivity contribution is 5.67. The van der Waals surface area contributed by atoms with E-state index in [1.54, 1.807) is 12.1 Å². The topological polar surface area (TPSA) is 72.5 Å². The van der Waals surface area contributed by atoms with Gasteiger partial charge in [0.2, 0.25) is 0 Å². The first-order valence-electron chi connectivity index (χ1n) is 4.93. The van der Waals surface area contributed by atoms with Gasteiger partial charge in [-0.05, 0) is 18.6 Å². The fraction of sp³-hybridized carbons (Fsp3) is 0.364. The zero-order valence-electron chi connectivity index (χ0n) is 8.73. The molecule has 1 unspecified atom stereocenters. The van der Waals surface area contributed by atoms with Crippen LogP contribution < -0.4 is 10.5 Å². The third-order valence-corrected chi connectivity index (χ3v) is 1.99. The molecule has 1 atom stereocenters. The van der Waals surface area contributed by atoms with Crippen molar-refractivity contribution in [3.8, 4) is 5.75 Å². The minimum Gasteiger partial charge on any atom is -0.493 e. The van der Waals surface area contributed by atoms with E-state index in [1.807, 2.05) is 0 Å². The molecule has 88 valence electrons. The molecule has 1 aromatic carbocycles. The van der Waals surface area contributed by atoms with Gasteiger partial charge < -0.3 is 15.6 Å². The van der Waals surface area contributed by atoms with Crippen LogP contribution in [0.2, 0.25) is 0 Å². The number of hydrogen-bond acceptors (Lipinski definition) is 3. The lowest BCUT2D eigenvalue weighted by Crippen LogP contribution is -2.25. The van der Waals surface area contributed by atoms with Crippen molar-refractivity contribution in [2.75, 3.05) is 6.61 Å². The SMILES string of the molecule is NC(CCOc1cccc(F)c1)CC(=O)O. The molecule has 0 fully saturated rings. The summed E-state index contributed by atoms with van der Waals surface area (Å²) in [7, 11) is 0. The Kier molecular flexibility index (Phi) is 4.72. The molecule has 1 rings (SSSR count). The fourth-order valence-corrected chi connectivity index (χ4v) is 1.21. The predicted molar refractivity (Wildman–Crippen MR) is 56.7 cm³/mol. The Morgan fingerprint density at radius 1 is 1.56 bits per heavy atom. The van der Waals surface area contributed by atoms with Crippen LogP contribution in [-0.2, 0) is 4.79 Å². The van der Waals surface area contributed by atoms with Crippen LogP contribution in [0.3, 0.4) is 0 Å². The summed E-state index contributed by atoms with van der Waals surface area (Å²) in [6.45, 7) is 0.276. The van der Waals surface area contributed by atoms with Crippen molar-refractivity contribution in [2.45, 2.75) is 18.9 Å². The van der Waals surface area contributed by atoms with Gasteiger partial charge in [0, 0.05) is 12.1 Å². The standard InChI is InChI=1S/C11H14FNO3/c12-8-2-1-3-10(6-8)16-5-4-9(13)7-11(14)15/h1-3,6,9H,4-5,7,13H2,(H,14,15). The normalized spacial score (nSPS) is 12.1. The summed E-state index contributed by atoms with van der Waals surface area (Å²) in [6, 6.07) is 5.32. The minimum absolute atomic E-state index is 0.0908. The van der Waals surface area contributed by atoms with Crippen LogP contribution in [0.1, 0.15) is 12.8 Å². The lowest BCUT2D eigenvalue weighted by molar-refractivity contribution is -0.137. The third-order valence-electron chi connectivity index (χ3n) is 1.99. The van der Waals surface area contributed by atoms with Gasteiger partial charge in [0.25, 0.3) is 0 Å². The van der Waals surface area contributed by atoms with Crippen molar-refractivity contribution in [3.05, 3.63) is 30.1 Å². The van der Waals surface area contributed by atoms with E-state index >= 15 is 0 Å². The molecule has 0 spiro atoms. The van der Waals surface area contributed by atoms with Crippen molar-refractivity contribution in [1.82, 2.24) is 0 Å². The van der Waals surface area contributed by atoms with E-state index < -0.39 is 12.0 Å². The first-order valence-corrected chi connectivity index (χ1v) is 4.93. The number of halogens is 1. The molecule has 1 aromatic rings. The second-order valence-electron chi connectivity index (χ2n) is 3.45. The summed E-state index contributed by atoms with van der Waals surface area (Å²) in [4.78, 5) is 10.3. The highest BCUT2D eigenvalue weighted by atomic mass is 19.1. The number of rotatable bonds is 6. The van der Waals surface area contributed by atoms with Crippen LogP contribution in [0.5, 0.6) is 5.75 Å². The van der Waals surface area contributed by atoms with Gasteiger partial charge in [-0.2, -0.15) is 0 Å². The number of ether oxygens (including phenoxy) is 1. The Hall–Kier alpha value is -1.62. The maximum absolute atomic E-state index is 12.7. The van der Waals surface area contributed by atoms with Gasteiger partial charge in [-0.15, -0.1) is 0 Å². The second-order valence-corrected chi connectivity index (χ2v) is 3.45. The fourth-order valence-electron chi connectivity index (χ4n) is 1.21. The number of aliphatic carboxylic acids is 1. The smallest absolute Gasteiger partial charge is 0.304 e. The van der Waals surface area contributed by atoms with Crippen LogP contribution >= 0.6 is 0 Å². The number of carbonyl (C=O) groups is 1. The molecule has 4 nitrogen and oxygen atoms in total. The highest BCUT2D eigenvalue weighted by Crippen LogP contribution is 2.12. The molecular formula is C11H14FNO3. The molecule has 0 aliphatic rings. The first kappa shape index (κ1) is 12.4. The Morgan fingerprint density at radius 3 is 2.94 bits per heavy atom. The number of benzene rings is 1. The molecule has 0 saturated heterocycles. The lowest BCUT2D eigenvalue weighted by atomic mass is 10.1. The molecule has 0 radical (unpaired) electrons. The predicted octanol–water partition coefficient (Wildman–Crippen LogP) is 1.40. The zero-order valence-corrected chi connectivity index (χ0v) is 8.73. The average Bonchev–Trinajstić information content (AvgIpc) is 2.16. The second kappa shape index (κ2) is 6.07. The number of hydrogen-bond donors (Lipinski definition) is 2. The monoisotopic (exact) mass is 227 g/mol. The molecule has 0 bridgehead atoms. The summed E-state index contributed by atoms with van der Waals surface area (Å²) < 4.78 is 18.0. The van der Waals surface area contributed by atoms with Gasteiger partial charge in [-0.25, -0.2) is 4.39 Å². The molecule has 3 N–H and O–H groups in total. The van der Waals surface area contributed by atoms with Crippen molar-refractivity contribution < 1.29 is 19.0 Å². The van der Waals surface area contributed by atoms with Gasteiger partial charge in [-0.1, -0.05) is 6.07 Å². The minimum atomic E-state index is -0.932. The van der Waals surface area contributed by atoms with E-state index in [9.17, 15) is 9.18 Å². The Morgan fingerprint density at radius 2 is 2.31 bits per heavy atom. The molecule has 5 heteroatoms. The van der Waals surface area contributed by atoms with Gasteiger partial charge in [0.15, 0.2) is 0 Å². The highest BCUT2D eigenvalue weighted by Gasteiger charge is 2.07. The van der Waals surface area contributed by atoms with E-state index in [4.69, 9.17) is 15.6 Å². The number of carboxylic acid groups (broad SMARTS) is 1. The van der Waals surface area contributed by atoms with Crippen LogP contribution in [0.4, 0.5) is 4.39 Å². The molecule has 0 aromatic heterocycles. The lowest BCUT2D eigenvalue weighted by Gasteiger charge is -2.10. The van der Waals surface area contributed by atoms with Gasteiger partial charge in [-0.3, -0.25) is 4.79 Å². The Labute approximate surface area is 92.8 Å². The van der Waals surface area contributed by atoms with E-state index in [-0.39, 0.29) is 18.8 Å². The molecule has 0 saturated carbocycles. The van der Waals surface area contributed by atoms with E-state index in [1.165, 1.54) is 12.1 Å². The van der Waals surface area contributed by atoms with E-state index in [2.05, 4.69) is 0 Å². The summed E-state index contributed by atoms with van der Waals surface area (Å²) >= 11 is 0. The molecular weight excluding hydrogens is 213 g/mol.